The molecule has 1 aromatic heterocycles. The van der Waals surface area contributed by atoms with Crippen molar-refractivity contribution < 1.29 is 13.5 Å². The quantitative estimate of drug-likeness (QED) is 0.833. The smallest absolute Gasteiger partial charge is 0.246 e. The number of sulfonamides is 1. The summed E-state index contributed by atoms with van der Waals surface area (Å²) in [6.07, 6.45) is 2.66. The number of nitrogens with zero attached hydrogens (tertiary/aromatic N) is 2. The first-order valence-electron chi connectivity index (χ1n) is 5.66. The molecule has 2 rings (SSSR count). The van der Waals surface area contributed by atoms with Gasteiger partial charge in [0.05, 0.1) is 5.60 Å². The van der Waals surface area contributed by atoms with Crippen molar-refractivity contribution in [2.45, 2.75) is 30.3 Å². The van der Waals surface area contributed by atoms with Crippen LogP contribution in [0.4, 0.5) is 0 Å². The Morgan fingerprint density at radius 2 is 2.28 bits per heavy atom. The zero-order valence-electron chi connectivity index (χ0n) is 10.0. The number of hydrogen-bond donors (Lipinski definition) is 1. The Bertz CT molecular complexity index is 545. The normalized spacial score (nSPS) is 26.2. The van der Waals surface area contributed by atoms with E-state index in [-0.39, 0.29) is 16.6 Å². The molecular formula is C11H15ClN2O3S. The lowest BCUT2D eigenvalue weighted by molar-refractivity contribution is 0.00939. The fraction of sp³-hybridized carbons (Fsp3) is 0.545. The molecule has 5 nitrogen and oxygen atoms in total. The molecule has 0 aliphatic carbocycles. The van der Waals surface area contributed by atoms with E-state index in [1.807, 2.05) is 0 Å². The summed E-state index contributed by atoms with van der Waals surface area (Å²) in [5.41, 5.74) is -0.986. The van der Waals surface area contributed by atoms with Gasteiger partial charge < -0.3 is 5.11 Å². The second-order valence-corrected chi connectivity index (χ2v) is 7.00. The van der Waals surface area contributed by atoms with E-state index in [9.17, 15) is 13.5 Å². The maximum Gasteiger partial charge on any atom is 0.246 e. The van der Waals surface area contributed by atoms with Crippen LogP contribution >= 0.6 is 11.6 Å². The third-order valence-electron chi connectivity index (χ3n) is 2.98. The van der Waals surface area contributed by atoms with Crippen LogP contribution in [0.2, 0.25) is 5.15 Å². The average Bonchev–Trinajstić information content (AvgIpc) is 2.28. The number of β-amino-alcohol motifs (C(OH)–C–C–N with tert-alkyl or cyclic N) is 1. The fourth-order valence-electron chi connectivity index (χ4n) is 2.08. The largest absolute Gasteiger partial charge is 0.389 e. The molecule has 7 heteroatoms. The molecule has 0 amide bonds. The second-order valence-electron chi connectivity index (χ2n) is 4.73. The first kappa shape index (κ1) is 13.7. The summed E-state index contributed by atoms with van der Waals surface area (Å²) in [5, 5.41) is 9.93. The molecule has 0 bridgehead atoms. The van der Waals surface area contributed by atoms with Crippen LogP contribution in [-0.4, -0.2) is 41.5 Å². The van der Waals surface area contributed by atoms with Crippen LogP contribution in [0.1, 0.15) is 19.8 Å². The van der Waals surface area contributed by atoms with Gasteiger partial charge in [-0.05, 0) is 31.9 Å². The third-order valence-corrected chi connectivity index (χ3v) is 5.27. The van der Waals surface area contributed by atoms with E-state index in [1.54, 1.807) is 6.92 Å². The number of rotatable bonds is 2. The van der Waals surface area contributed by atoms with Crippen molar-refractivity contribution in [2.24, 2.45) is 0 Å². The van der Waals surface area contributed by atoms with Crippen LogP contribution in [0.3, 0.4) is 0 Å². The highest BCUT2D eigenvalue weighted by molar-refractivity contribution is 7.89. The molecular weight excluding hydrogens is 276 g/mol. The number of aromatic nitrogens is 1. The minimum Gasteiger partial charge on any atom is -0.389 e. The van der Waals surface area contributed by atoms with Crippen molar-refractivity contribution in [3.63, 3.8) is 0 Å². The van der Waals surface area contributed by atoms with E-state index in [4.69, 9.17) is 11.6 Å². The van der Waals surface area contributed by atoms with Gasteiger partial charge in [0, 0.05) is 19.3 Å². The van der Waals surface area contributed by atoms with Gasteiger partial charge in [0.25, 0.3) is 0 Å². The first-order valence-corrected chi connectivity index (χ1v) is 7.48. The molecule has 0 radical (unpaired) electrons. The zero-order valence-corrected chi connectivity index (χ0v) is 11.6. The molecule has 2 heterocycles. The van der Waals surface area contributed by atoms with E-state index >= 15 is 0 Å². The minimum absolute atomic E-state index is 0.00985. The summed E-state index contributed by atoms with van der Waals surface area (Å²) in [6, 6.07) is 2.95. The fourth-order valence-corrected chi connectivity index (χ4v) is 4.11. The monoisotopic (exact) mass is 290 g/mol. The maximum atomic E-state index is 12.4. The average molecular weight is 291 g/mol. The molecule has 1 atom stereocenters. The van der Waals surface area contributed by atoms with E-state index in [0.29, 0.717) is 19.4 Å². The van der Waals surface area contributed by atoms with Gasteiger partial charge in [0.1, 0.15) is 10.0 Å². The summed E-state index contributed by atoms with van der Waals surface area (Å²) in [7, 11) is -3.68. The number of piperidine rings is 1. The Morgan fingerprint density at radius 1 is 1.56 bits per heavy atom. The van der Waals surface area contributed by atoms with E-state index < -0.39 is 15.6 Å². The van der Waals surface area contributed by atoms with E-state index in [0.717, 1.165) is 0 Å². The summed E-state index contributed by atoms with van der Waals surface area (Å²) >= 11 is 5.82. The molecule has 1 aromatic rings. The highest BCUT2D eigenvalue weighted by atomic mass is 35.5. The van der Waals surface area contributed by atoms with Crippen LogP contribution in [0.15, 0.2) is 23.2 Å². The number of aliphatic hydroxyl groups is 1. The molecule has 1 fully saturated rings. The molecule has 0 spiro atoms. The topological polar surface area (TPSA) is 70.5 Å². The number of halogens is 1. The van der Waals surface area contributed by atoms with Crippen molar-refractivity contribution >= 4 is 21.6 Å². The van der Waals surface area contributed by atoms with Gasteiger partial charge in [-0.3, -0.25) is 0 Å². The standard InChI is InChI=1S/C11H15ClN2O3S/c1-11(15)5-3-7-14(8-11)18(16,17)9-4-2-6-13-10(9)12/h2,4,6,15H,3,5,7-8H2,1H3. The van der Waals surface area contributed by atoms with Crippen molar-refractivity contribution in [3.8, 4) is 0 Å². The van der Waals surface area contributed by atoms with Crippen LogP contribution < -0.4 is 0 Å². The molecule has 100 valence electrons. The van der Waals surface area contributed by atoms with Gasteiger partial charge in [0.15, 0.2) is 0 Å². The van der Waals surface area contributed by atoms with Crippen LogP contribution in [0.5, 0.6) is 0 Å². The van der Waals surface area contributed by atoms with Gasteiger partial charge in [-0.15, -0.1) is 0 Å². The van der Waals surface area contributed by atoms with Gasteiger partial charge in [-0.1, -0.05) is 11.6 Å². The van der Waals surface area contributed by atoms with Crippen LogP contribution in [0.25, 0.3) is 0 Å². The van der Waals surface area contributed by atoms with E-state index in [1.165, 1.54) is 22.6 Å². The SMILES string of the molecule is CC1(O)CCCN(S(=O)(=O)c2cccnc2Cl)C1. The van der Waals surface area contributed by atoms with Gasteiger partial charge >= 0.3 is 0 Å². The summed E-state index contributed by atoms with van der Waals surface area (Å²) < 4.78 is 26.0. The molecule has 18 heavy (non-hydrogen) atoms. The predicted octanol–water partition coefficient (Wildman–Crippen LogP) is 1.27. The van der Waals surface area contributed by atoms with Gasteiger partial charge in [0.2, 0.25) is 10.0 Å². The van der Waals surface area contributed by atoms with Crippen molar-refractivity contribution in [2.75, 3.05) is 13.1 Å². The van der Waals surface area contributed by atoms with Crippen LogP contribution in [0, 0.1) is 0 Å². The molecule has 1 aliphatic rings. The Kier molecular flexibility index (Phi) is 3.64. The van der Waals surface area contributed by atoms with Gasteiger partial charge in [-0.2, -0.15) is 4.31 Å². The minimum atomic E-state index is -3.68. The Labute approximate surface area is 111 Å². The first-order chi connectivity index (χ1) is 8.33. The molecule has 1 aliphatic heterocycles. The predicted molar refractivity (Wildman–Crippen MR) is 67.9 cm³/mol. The third kappa shape index (κ3) is 2.66. The molecule has 0 aromatic carbocycles. The molecule has 0 saturated carbocycles. The molecule has 1 saturated heterocycles. The summed E-state index contributed by atoms with van der Waals surface area (Å²) in [5.74, 6) is 0. The lowest BCUT2D eigenvalue weighted by Crippen LogP contribution is -2.48. The van der Waals surface area contributed by atoms with E-state index in [2.05, 4.69) is 4.98 Å². The lowest BCUT2D eigenvalue weighted by atomic mass is 9.97. The van der Waals surface area contributed by atoms with Gasteiger partial charge in [-0.25, -0.2) is 13.4 Å². The Balaban J connectivity index is 2.35. The maximum absolute atomic E-state index is 12.4. The zero-order chi connectivity index (χ0) is 13.4. The Morgan fingerprint density at radius 3 is 2.89 bits per heavy atom. The highest BCUT2D eigenvalue weighted by Crippen LogP contribution is 2.28. The molecule has 1 unspecified atom stereocenters. The summed E-state index contributed by atoms with van der Waals surface area (Å²) in [6.45, 7) is 2.11. The van der Waals surface area contributed by atoms with Crippen molar-refractivity contribution in [1.29, 1.82) is 0 Å². The number of hydrogen-bond acceptors (Lipinski definition) is 4. The Hall–Kier alpha value is -0.690. The van der Waals surface area contributed by atoms with Crippen LogP contribution in [-0.2, 0) is 10.0 Å². The lowest BCUT2D eigenvalue weighted by Gasteiger charge is -2.35. The van der Waals surface area contributed by atoms with Crippen molar-refractivity contribution in [1.82, 2.24) is 9.29 Å². The number of pyridine rings is 1. The summed E-state index contributed by atoms with van der Waals surface area (Å²) in [4.78, 5) is 3.76. The highest BCUT2D eigenvalue weighted by Gasteiger charge is 2.36. The van der Waals surface area contributed by atoms with Crippen molar-refractivity contribution in [3.05, 3.63) is 23.5 Å². The second kappa shape index (κ2) is 4.77. The molecule has 1 N–H and O–H groups in total.